The van der Waals surface area contributed by atoms with Crippen LogP contribution in [0.25, 0.3) is 5.57 Å². The Bertz CT molecular complexity index is 1900. The monoisotopic (exact) mass is 568 g/mol. The Morgan fingerprint density at radius 3 is 2.44 bits per heavy atom. The summed E-state index contributed by atoms with van der Waals surface area (Å²) in [7, 11) is 0. The fourth-order valence-electron chi connectivity index (χ4n) is 7.55. The lowest BCUT2D eigenvalue weighted by atomic mass is 9.64. The molecule has 43 heavy (non-hydrogen) atoms. The Morgan fingerprint density at radius 1 is 0.837 bits per heavy atom. The topological polar surface area (TPSA) is 84.9 Å². The highest BCUT2D eigenvalue weighted by molar-refractivity contribution is 6.18. The average molecular weight is 569 g/mol. The van der Waals surface area contributed by atoms with Gasteiger partial charge in [-0.05, 0) is 61.4 Å². The fraction of sp³-hybridized carbons (Fsp3) is 0.194. The van der Waals surface area contributed by atoms with Crippen LogP contribution in [0.1, 0.15) is 44.3 Å². The Balaban J connectivity index is 1.43. The summed E-state index contributed by atoms with van der Waals surface area (Å²) < 4.78 is 11.1. The van der Waals surface area contributed by atoms with Crippen LogP contribution in [-0.2, 0) is 10.2 Å². The first-order chi connectivity index (χ1) is 20.9. The highest BCUT2D eigenvalue weighted by Crippen LogP contribution is 2.59. The van der Waals surface area contributed by atoms with E-state index in [4.69, 9.17) is 9.47 Å². The molecule has 7 nitrogen and oxygen atoms in total. The molecule has 1 N–H and O–H groups in total. The Kier molecular flexibility index (Phi) is 5.44. The van der Waals surface area contributed by atoms with Crippen LogP contribution >= 0.6 is 0 Å². The number of rotatable bonds is 4. The van der Waals surface area contributed by atoms with Gasteiger partial charge in [0, 0.05) is 28.1 Å². The van der Waals surface area contributed by atoms with Crippen LogP contribution in [0.4, 0.5) is 11.4 Å². The third-order valence-electron chi connectivity index (χ3n) is 9.40. The molecule has 0 aromatic heterocycles. The molecule has 1 amide bonds. The lowest BCUT2D eigenvalue weighted by Gasteiger charge is -2.39. The van der Waals surface area contributed by atoms with Crippen LogP contribution < -0.4 is 19.7 Å². The van der Waals surface area contributed by atoms with E-state index in [1.54, 1.807) is 30.3 Å². The molecule has 1 spiro atoms. The molecule has 1 saturated heterocycles. The van der Waals surface area contributed by atoms with Gasteiger partial charge in [-0.15, -0.1) is 0 Å². The maximum atomic E-state index is 15.0. The summed E-state index contributed by atoms with van der Waals surface area (Å²) in [5.41, 5.74) is 4.76. The van der Waals surface area contributed by atoms with Crippen molar-refractivity contribution in [2.45, 2.75) is 31.3 Å². The van der Waals surface area contributed by atoms with Crippen LogP contribution in [0.2, 0.25) is 0 Å². The van der Waals surface area contributed by atoms with Crippen molar-refractivity contribution in [2.24, 2.45) is 5.92 Å². The number of amides is 1. The Morgan fingerprint density at radius 2 is 1.60 bits per heavy atom. The molecule has 0 aliphatic carbocycles. The minimum atomic E-state index is -1.37. The van der Waals surface area contributed by atoms with Gasteiger partial charge in [-0.1, -0.05) is 66.2 Å². The lowest BCUT2D eigenvalue weighted by molar-refractivity contribution is -0.121. The molecule has 7 heteroatoms. The zero-order valence-electron chi connectivity index (χ0n) is 23.7. The maximum absolute atomic E-state index is 15.0. The largest absolute Gasteiger partial charge is 0.454 e. The van der Waals surface area contributed by atoms with Gasteiger partial charge in [-0.3, -0.25) is 14.4 Å². The van der Waals surface area contributed by atoms with Gasteiger partial charge in [0.15, 0.2) is 23.1 Å². The van der Waals surface area contributed by atoms with Crippen molar-refractivity contribution < 1.29 is 23.9 Å². The zero-order valence-corrected chi connectivity index (χ0v) is 23.7. The first-order valence-corrected chi connectivity index (χ1v) is 14.4. The number of hydrogen-bond acceptors (Lipinski definition) is 6. The second-order valence-electron chi connectivity index (χ2n) is 11.7. The van der Waals surface area contributed by atoms with Crippen LogP contribution in [-0.4, -0.2) is 36.4 Å². The van der Waals surface area contributed by atoms with Crippen molar-refractivity contribution in [3.05, 3.63) is 125 Å². The number of benzene rings is 4. The lowest BCUT2D eigenvalue weighted by Crippen LogP contribution is -2.51. The number of nitrogens with one attached hydrogen (secondary N) is 1. The van der Waals surface area contributed by atoms with E-state index >= 15 is 4.79 Å². The second-order valence-corrected chi connectivity index (χ2v) is 11.7. The first kappa shape index (κ1) is 25.5. The molecular weight excluding hydrogens is 540 g/mol. The maximum Gasteiger partial charge on any atom is 0.238 e. The summed E-state index contributed by atoms with van der Waals surface area (Å²) in [4.78, 5) is 46.4. The van der Waals surface area contributed by atoms with E-state index in [1.807, 2.05) is 73.3 Å². The molecule has 8 rings (SSSR count). The molecule has 4 atom stereocenters. The molecule has 1 fully saturated rings. The molecule has 0 saturated carbocycles. The van der Waals surface area contributed by atoms with Gasteiger partial charge in [0.2, 0.25) is 12.7 Å². The van der Waals surface area contributed by atoms with Crippen molar-refractivity contribution in [3.63, 3.8) is 0 Å². The van der Waals surface area contributed by atoms with Crippen molar-refractivity contribution in [1.82, 2.24) is 0 Å². The average Bonchev–Trinajstić information content (AvgIpc) is 3.70. The number of Topliss-reactive ketones (excluding diaryl/α,β-unsaturated/α-hetero) is 2. The molecule has 4 aromatic carbocycles. The van der Waals surface area contributed by atoms with Crippen LogP contribution in [0.3, 0.4) is 0 Å². The van der Waals surface area contributed by atoms with Gasteiger partial charge in [0.05, 0.1) is 12.0 Å². The molecule has 0 unspecified atom stereocenters. The molecule has 4 aromatic rings. The van der Waals surface area contributed by atoms with Crippen molar-refractivity contribution in [1.29, 1.82) is 0 Å². The zero-order chi connectivity index (χ0) is 29.5. The number of nitrogens with zero attached hydrogens (tertiary/aromatic N) is 1. The van der Waals surface area contributed by atoms with Crippen molar-refractivity contribution in [3.8, 4) is 11.5 Å². The van der Waals surface area contributed by atoms with Gasteiger partial charge in [0.25, 0.3) is 0 Å². The minimum absolute atomic E-state index is 0.0708. The molecular formula is C36H28N2O5. The number of carbonyl (C=O) groups excluding carboxylic acids is 3. The summed E-state index contributed by atoms with van der Waals surface area (Å²) >= 11 is 0. The summed E-state index contributed by atoms with van der Waals surface area (Å²) in [6.07, 6.45) is 2.07. The highest BCUT2D eigenvalue weighted by Gasteiger charge is 2.70. The third-order valence-corrected chi connectivity index (χ3v) is 9.40. The summed E-state index contributed by atoms with van der Waals surface area (Å²) in [6.45, 7) is 4.13. The number of aryl methyl sites for hydroxylation is 1. The molecule has 4 aliphatic heterocycles. The Hall–Kier alpha value is -5.17. The van der Waals surface area contributed by atoms with E-state index in [1.165, 1.54) is 0 Å². The number of hydrogen-bond donors (Lipinski definition) is 1. The van der Waals surface area contributed by atoms with Gasteiger partial charge in [0.1, 0.15) is 11.5 Å². The SMILES string of the molecule is CC1=C[C@H]2N(c3ccc(C)cc31)[C@H](C(=O)c1ccccc1)[C@H](C(=O)c1ccc3c(c1)OCO3)[C@]21C(=O)Nc2ccccc21. The van der Waals surface area contributed by atoms with E-state index in [9.17, 15) is 9.59 Å². The second kappa shape index (κ2) is 9.16. The summed E-state index contributed by atoms with van der Waals surface area (Å²) in [5.74, 6) is -0.823. The predicted molar refractivity (Wildman–Crippen MR) is 163 cm³/mol. The van der Waals surface area contributed by atoms with Gasteiger partial charge in [-0.25, -0.2) is 0 Å². The molecule has 0 bridgehead atoms. The first-order valence-electron chi connectivity index (χ1n) is 14.4. The highest BCUT2D eigenvalue weighted by atomic mass is 16.7. The number of para-hydroxylation sites is 1. The third kappa shape index (κ3) is 3.45. The van der Waals surface area contributed by atoms with Crippen LogP contribution in [0.15, 0.2) is 97.1 Å². The number of ketones is 2. The van der Waals surface area contributed by atoms with Gasteiger partial charge < -0.3 is 19.7 Å². The van der Waals surface area contributed by atoms with E-state index in [0.717, 1.165) is 28.0 Å². The van der Waals surface area contributed by atoms with E-state index in [-0.39, 0.29) is 24.3 Å². The van der Waals surface area contributed by atoms with Gasteiger partial charge >= 0.3 is 0 Å². The predicted octanol–water partition coefficient (Wildman–Crippen LogP) is 5.97. The molecule has 0 radical (unpaired) electrons. The van der Waals surface area contributed by atoms with Crippen LogP contribution in [0, 0.1) is 12.8 Å². The van der Waals surface area contributed by atoms with Crippen molar-refractivity contribution in [2.75, 3.05) is 17.0 Å². The normalized spacial score (nSPS) is 24.2. The fourth-order valence-corrected chi connectivity index (χ4v) is 7.55. The number of carbonyl (C=O) groups is 3. The minimum Gasteiger partial charge on any atom is -0.454 e. The molecule has 4 heterocycles. The Labute approximate surface area is 248 Å². The van der Waals surface area contributed by atoms with Crippen molar-refractivity contribution >= 4 is 34.4 Å². The van der Waals surface area contributed by atoms with E-state index in [0.29, 0.717) is 28.3 Å². The molecule has 4 aliphatic rings. The van der Waals surface area contributed by atoms with E-state index in [2.05, 4.69) is 17.5 Å². The number of allylic oxidation sites excluding steroid dienone is 1. The van der Waals surface area contributed by atoms with Gasteiger partial charge in [-0.2, -0.15) is 0 Å². The summed E-state index contributed by atoms with van der Waals surface area (Å²) in [6, 6.07) is 26.2. The quantitative estimate of drug-likeness (QED) is 0.306. The number of anilines is 2. The van der Waals surface area contributed by atoms with Crippen LogP contribution in [0.5, 0.6) is 11.5 Å². The number of fused-ring (bicyclic) bond motifs is 7. The standard InChI is InChI=1S/C36H28N2O5/c1-20-12-14-27-24(16-20)21(2)17-30-36(25-10-6-7-11-26(25)37-35(36)41)31(32(38(27)30)34(40)22-8-4-3-5-9-22)33(39)23-13-15-28-29(18-23)43-19-42-28/h3-18,30-32H,19H2,1-2H3,(H,37,41)/t30-,31-,32+,36-/m1/s1. The van der Waals surface area contributed by atoms with E-state index < -0.39 is 23.4 Å². The number of ether oxygens (including phenoxy) is 2. The molecule has 212 valence electrons. The summed E-state index contributed by atoms with van der Waals surface area (Å²) in [5, 5.41) is 3.09. The smallest absolute Gasteiger partial charge is 0.238 e.